The van der Waals surface area contributed by atoms with Crippen LogP contribution in [0.1, 0.15) is 1.43 Å². The molecule has 28 valence electrons. The average Bonchev–Trinajstić information content (AvgIpc) is 1.00. The van der Waals surface area contributed by atoms with Crippen molar-refractivity contribution in [2.24, 2.45) is 0 Å². The third kappa shape index (κ3) is 23.0. The van der Waals surface area contributed by atoms with Gasteiger partial charge in [-0.05, 0) is 19.0 Å². The molecule has 0 heterocycles. The van der Waals surface area contributed by atoms with E-state index in [0.717, 1.165) is 0 Å². The van der Waals surface area contributed by atoms with Crippen LogP contribution in [0.2, 0.25) is 0 Å². The molecule has 0 N–H and O–H groups in total. The molecule has 0 atom stereocenters. The summed E-state index contributed by atoms with van der Waals surface area (Å²) in [4.78, 5) is 0. The Morgan fingerprint density at radius 2 is 1.40 bits per heavy atom. The zero-order valence-electron chi connectivity index (χ0n) is 3.62. The second-order valence-electron chi connectivity index (χ2n) is 0. The van der Waals surface area contributed by atoms with E-state index >= 15 is 0 Å². The maximum absolute atomic E-state index is 3.89. The van der Waals surface area contributed by atoms with Crippen molar-refractivity contribution < 1.29 is 20.3 Å². The zero-order valence-corrected chi connectivity index (χ0v) is 8.47. The first kappa shape index (κ1) is 27.3. The van der Waals surface area contributed by atoms with E-state index in [9.17, 15) is 0 Å². The van der Waals surface area contributed by atoms with Crippen LogP contribution in [-0.2, 0) is 11.8 Å². The van der Waals surface area contributed by atoms with Crippen molar-refractivity contribution in [3.8, 4) is 0 Å². The van der Waals surface area contributed by atoms with Crippen molar-refractivity contribution in [3.63, 3.8) is 0 Å². The Bertz CT molecular complexity index is 15.5. The van der Waals surface area contributed by atoms with Gasteiger partial charge in [0.15, 0.2) is 0 Å². The molecule has 0 aliphatic rings. The molecule has 0 aliphatic heterocycles. The third-order valence-electron chi connectivity index (χ3n) is 0. The number of hydrogen-bond acceptors (Lipinski definition) is 1. The summed E-state index contributed by atoms with van der Waals surface area (Å²) in [5.74, 6) is 0. The molecule has 0 saturated heterocycles. The molecule has 0 aromatic carbocycles. The summed E-state index contributed by atoms with van der Waals surface area (Å²) < 4.78 is 0. The van der Waals surface area contributed by atoms with E-state index in [1.54, 1.807) is 0 Å². The van der Waals surface area contributed by atoms with Crippen LogP contribution in [0.3, 0.4) is 0 Å². The van der Waals surface area contributed by atoms with Crippen molar-refractivity contribution in [2.75, 3.05) is 0 Å². The van der Waals surface area contributed by atoms with Gasteiger partial charge >= 0.3 is 42.8 Å². The van der Waals surface area contributed by atoms with E-state index in [1.165, 1.54) is 0 Å². The van der Waals surface area contributed by atoms with Gasteiger partial charge < -0.3 is 1.43 Å². The molecule has 5 heavy (non-hydrogen) atoms. The van der Waals surface area contributed by atoms with Gasteiger partial charge in [-0.3, -0.25) is 0 Å². The molecule has 5 heteroatoms. The summed E-state index contributed by atoms with van der Waals surface area (Å²) in [7, 11) is 2.56. The molecule has 2 radical (unpaired) electrons. The van der Waals surface area contributed by atoms with E-state index in [4.69, 9.17) is 0 Å². The van der Waals surface area contributed by atoms with E-state index in [2.05, 4.69) is 19.8 Å². The zero-order chi connectivity index (χ0) is 2.00. The van der Waals surface area contributed by atoms with Gasteiger partial charge in [0.1, 0.15) is 0 Å². The Morgan fingerprint density at radius 1 is 1.40 bits per heavy atom. The Hall–Kier alpha value is 2.13. The van der Waals surface area contributed by atoms with Crippen LogP contribution in [-0.4, -0.2) is 34.9 Å². The number of rotatable bonds is 0. The average molecular weight is 225 g/mol. The quantitative estimate of drug-likeness (QED) is 0.295. The minimum atomic E-state index is 0. The third-order valence-corrected chi connectivity index (χ3v) is 0. The maximum atomic E-state index is 3.89. The predicted molar refractivity (Wildman–Crippen MR) is 36.7 cm³/mol. The van der Waals surface area contributed by atoms with Crippen LogP contribution < -0.4 is 18.9 Å². The fourth-order valence-electron chi connectivity index (χ4n) is 0. The van der Waals surface area contributed by atoms with Crippen LogP contribution >= 0.6 is 8.02 Å². The van der Waals surface area contributed by atoms with Crippen molar-refractivity contribution >= 4 is 54.7 Å². The normalized spacial score (nSPS) is 0.800. The standard InChI is InChI=1S/Li.HPS.H4Si.Sn.3H/c;1-2;;;;;/h;1H;1H4;;;;/q+1;;;;;;-1. The fourth-order valence-corrected chi connectivity index (χ4v) is 0. The molecule has 0 aliphatic carbocycles. The first-order chi connectivity index (χ1) is 1.00. The second kappa shape index (κ2) is 35.5. The van der Waals surface area contributed by atoms with Crippen molar-refractivity contribution in [1.82, 2.24) is 0 Å². The van der Waals surface area contributed by atoms with Gasteiger partial charge in [0.2, 0.25) is 0 Å². The molecule has 0 aromatic heterocycles. The SMILES string of the molecule is P=S.[H-].[Li+].[SiH4].[SnH2]. The Labute approximate surface area is 74.4 Å². The molecule has 0 unspecified atom stereocenters. The summed E-state index contributed by atoms with van der Waals surface area (Å²) in [5.41, 5.74) is 0. The monoisotopic (exact) mass is 226 g/mol. The molecule has 0 saturated carbocycles. The molecule has 0 bridgehead atoms. The van der Waals surface area contributed by atoms with Crippen molar-refractivity contribution in [3.05, 3.63) is 0 Å². The first-order valence-electron chi connectivity index (χ1n) is 0.204. The molecule has 0 spiro atoms. The summed E-state index contributed by atoms with van der Waals surface area (Å²) in [5, 5.41) is 0. The van der Waals surface area contributed by atoms with Gasteiger partial charge in [-0.2, -0.15) is 0 Å². The van der Waals surface area contributed by atoms with Crippen LogP contribution in [0.15, 0.2) is 0 Å². The number of hydrogen-bond donors (Lipinski definition) is 0. The van der Waals surface area contributed by atoms with Crippen LogP contribution in [0.25, 0.3) is 0 Å². The Morgan fingerprint density at radius 3 is 1.40 bits per heavy atom. The van der Waals surface area contributed by atoms with E-state index < -0.39 is 0 Å². The van der Waals surface area contributed by atoms with Gasteiger partial charge in [-0.15, -0.1) is 0 Å². The van der Waals surface area contributed by atoms with Gasteiger partial charge in [0, 0.05) is 0 Å². The van der Waals surface area contributed by atoms with E-state index in [1.807, 2.05) is 0 Å². The molecule has 0 amide bonds. The molecule has 0 fully saturated rings. The van der Waals surface area contributed by atoms with Crippen LogP contribution in [0.5, 0.6) is 0 Å². The minimum absolute atomic E-state index is 0. The van der Waals surface area contributed by atoms with E-state index in [-0.39, 0.29) is 55.2 Å². The predicted octanol–water partition coefficient (Wildman–Crippen LogP) is -4.66. The summed E-state index contributed by atoms with van der Waals surface area (Å²) in [6, 6.07) is 0. The fraction of sp³-hybridized carbons (Fsp3) is 0. The van der Waals surface area contributed by atoms with Crippen LogP contribution in [0, 0.1) is 0 Å². The van der Waals surface area contributed by atoms with Crippen LogP contribution in [0.4, 0.5) is 0 Å². The summed E-state index contributed by atoms with van der Waals surface area (Å²) in [6.45, 7) is 0. The molecule has 0 nitrogen and oxygen atoms in total. The molecule has 0 aromatic rings. The summed E-state index contributed by atoms with van der Waals surface area (Å²) in [6.07, 6.45) is 0. The van der Waals surface area contributed by atoms with Gasteiger partial charge in [0.25, 0.3) is 0 Å². The second-order valence-corrected chi connectivity index (χ2v) is 0. The van der Waals surface area contributed by atoms with Crippen molar-refractivity contribution in [2.45, 2.75) is 0 Å². The molecular formula is H8LiPSSiSn. The van der Waals surface area contributed by atoms with Gasteiger partial charge in [0.05, 0.1) is 0 Å². The summed E-state index contributed by atoms with van der Waals surface area (Å²) >= 11 is 3.89. The first-order valence-corrected chi connectivity index (χ1v) is 1.84. The topological polar surface area (TPSA) is 0 Å². The molecule has 0 rings (SSSR count). The van der Waals surface area contributed by atoms with E-state index in [0.29, 0.717) is 0 Å². The van der Waals surface area contributed by atoms with Gasteiger partial charge in [-0.1, -0.05) is 11.8 Å². The van der Waals surface area contributed by atoms with Crippen molar-refractivity contribution in [1.29, 1.82) is 0 Å². The van der Waals surface area contributed by atoms with Gasteiger partial charge in [-0.25, -0.2) is 0 Å². The Balaban J connectivity index is -0.000000000833. The Kier molecular flexibility index (Phi) is 194. The molecular weight excluding hydrogens is 217 g/mol.